The molecule has 0 saturated heterocycles. The molecule has 0 fully saturated rings. The van der Waals surface area contributed by atoms with Crippen LogP contribution in [0.5, 0.6) is 0 Å². The van der Waals surface area contributed by atoms with Crippen LogP contribution in [0.15, 0.2) is 40.9 Å². The van der Waals surface area contributed by atoms with Crippen LogP contribution in [-0.2, 0) is 6.42 Å². The standard InChI is InChI=1S/C15H13BrIN3/c1-2-9-7-10(16)3-5-13(9)20-14-6-4-11(17)8-12(14)19-15(20)18/h3-8H,2H2,1H3,(H2,18,19). The lowest BCUT2D eigenvalue weighted by atomic mass is 10.1. The first-order valence-electron chi connectivity index (χ1n) is 6.32. The maximum absolute atomic E-state index is 6.13. The number of benzene rings is 2. The fraction of sp³-hybridized carbons (Fsp3) is 0.133. The number of nitrogen functional groups attached to an aromatic ring is 1. The van der Waals surface area contributed by atoms with E-state index in [9.17, 15) is 0 Å². The van der Waals surface area contributed by atoms with Gasteiger partial charge in [-0.3, -0.25) is 4.57 Å². The second kappa shape index (κ2) is 5.37. The largest absolute Gasteiger partial charge is 0.369 e. The van der Waals surface area contributed by atoms with Gasteiger partial charge in [-0.15, -0.1) is 0 Å². The zero-order valence-corrected chi connectivity index (χ0v) is 14.6. The van der Waals surface area contributed by atoms with Crippen LogP contribution in [-0.4, -0.2) is 9.55 Å². The third-order valence-electron chi connectivity index (χ3n) is 3.31. The van der Waals surface area contributed by atoms with Crippen LogP contribution in [0, 0.1) is 3.57 Å². The summed E-state index contributed by atoms with van der Waals surface area (Å²) in [6.07, 6.45) is 0.943. The fourth-order valence-electron chi connectivity index (χ4n) is 2.38. The SMILES string of the molecule is CCc1cc(Br)ccc1-n1c(N)nc2cc(I)ccc21. The molecule has 20 heavy (non-hydrogen) atoms. The molecule has 2 aromatic carbocycles. The number of nitrogens with two attached hydrogens (primary N) is 1. The summed E-state index contributed by atoms with van der Waals surface area (Å²) in [7, 11) is 0. The second-order valence-corrected chi connectivity index (χ2v) is 6.73. The van der Waals surface area contributed by atoms with Crippen LogP contribution < -0.4 is 5.73 Å². The molecule has 5 heteroatoms. The van der Waals surface area contributed by atoms with Crippen LogP contribution >= 0.6 is 38.5 Å². The summed E-state index contributed by atoms with van der Waals surface area (Å²) < 4.78 is 4.26. The number of aryl methyl sites for hydroxylation is 1. The maximum atomic E-state index is 6.13. The Labute approximate surface area is 139 Å². The predicted molar refractivity (Wildman–Crippen MR) is 95.3 cm³/mol. The van der Waals surface area contributed by atoms with E-state index in [0.717, 1.165) is 31.2 Å². The Morgan fingerprint density at radius 2 is 2.05 bits per heavy atom. The Balaban J connectivity index is 2.32. The van der Waals surface area contributed by atoms with Gasteiger partial charge in [0, 0.05) is 8.04 Å². The monoisotopic (exact) mass is 441 g/mol. The summed E-state index contributed by atoms with van der Waals surface area (Å²) >= 11 is 5.81. The molecular weight excluding hydrogens is 429 g/mol. The molecule has 0 aliphatic carbocycles. The first-order valence-corrected chi connectivity index (χ1v) is 8.19. The molecule has 0 unspecified atom stereocenters. The summed E-state index contributed by atoms with van der Waals surface area (Å²) in [6, 6.07) is 12.4. The van der Waals surface area contributed by atoms with Gasteiger partial charge < -0.3 is 5.73 Å². The fourth-order valence-corrected chi connectivity index (χ4v) is 3.26. The van der Waals surface area contributed by atoms with Gasteiger partial charge in [-0.2, -0.15) is 0 Å². The molecule has 0 aliphatic heterocycles. The number of halogens is 2. The number of anilines is 1. The van der Waals surface area contributed by atoms with Crippen LogP contribution in [0.25, 0.3) is 16.7 Å². The van der Waals surface area contributed by atoms with Crippen molar-refractivity contribution >= 4 is 55.5 Å². The number of imidazole rings is 1. The van der Waals surface area contributed by atoms with Crippen LogP contribution in [0.4, 0.5) is 5.95 Å². The highest BCUT2D eigenvalue weighted by Crippen LogP contribution is 2.28. The van der Waals surface area contributed by atoms with Crippen molar-refractivity contribution in [2.24, 2.45) is 0 Å². The van der Waals surface area contributed by atoms with Crippen LogP contribution in [0.2, 0.25) is 0 Å². The van der Waals surface area contributed by atoms with E-state index in [2.05, 4.69) is 74.7 Å². The van der Waals surface area contributed by atoms with E-state index in [1.54, 1.807) is 0 Å². The van der Waals surface area contributed by atoms with E-state index in [1.165, 1.54) is 5.56 Å². The molecule has 2 N–H and O–H groups in total. The minimum atomic E-state index is 0.527. The van der Waals surface area contributed by atoms with Gasteiger partial charge in [0.25, 0.3) is 0 Å². The number of nitrogens with zero attached hydrogens (tertiary/aromatic N) is 2. The number of hydrogen-bond acceptors (Lipinski definition) is 2. The van der Waals surface area contributed by atoms with E-state index in [1.807, 2.05) is 16.7 Å². The molecule has 3 aromatic rings. The third kappa shape index (κ3) is 2.33. The summed E-state index contributed by atoms with van der Waals surface area (Å²) in [5, 5.41) is 0. The van der Waals surface area contributed by atoms with E-state index in [0.29, 0.717) is 5.95 Å². The van der Waals surface area contributed by atoms with Gasteiger partial charge in [-0.25, -0.2) is 4.98 Å². The van der Waals surface area contributed by atoms with E-state index in [4.69, 9.17) is 5.73 Å². The minimum Gasteiger partial charge on any atom is -0.369 e. The Morgan fingerprint density at radius 1 is 1.25 bits per heavy atom. The van der Waals surface area contributed by atoms with Crippen molar-refractivity contribution in [3.05, 3.63) is 50.0 Å². The number of aromatic nitrogens is 2. The van der Waals surface area contributed by atoms with Gasteiger partial charge in [-0.1, -0.05) is 22.9 Å². The van der Waals surface area contributed by atoms with E-state index < -0.39 is 0 Å². The van der Waals surface area contributed by atoms with Gasteiger partial charge in [0.2, 0.25) is 5.95 Å². The summed E-state index contributed by atoms with van der Waals surface area (Å²) in [5.74, 6) is 0.527. The smallest absolute Gasteiger partial charge is 0.205 e. The van der Waals surface area contributed by atoms with Gasteiger partial charge in [0.05, 0.1) is 16.7 Å². The first-order chi connectivity index (χ1) is 9.60. The molecule has 0 radical (unpaired) electrons. The highest BCUT2D eigenvalue weighted by Gasteiger charge is 2.13. The van der Waals surface area contributed by atoms with Crippen LogP contribution in [0.1, 0.15) is 12.5 Å². The number of rotatable bonds is 2. The molecule has 0 spiro atoms. The van der Waals surface area contributed by atoms with Gasteiger partial charge >= 0.3 is 0 Å². The van der Waals surface area contributed by atoms with Gasteiger partial charge in [0.1, 0.15) is 0 Å². The quantitative estimate of drug-likeness (QED) is 0.593. The topological polar surface area (TPSA) is 43.8 Å². The minimum absolute atomic E-state index is 0.527. The molecule has 3 rings (SSSR count). The molecule has 1 heterocycles. The van der Waals surface area contributed by atoms with Crippen molar-refractivity contribution in [2.45, 2.75) is 13.3 Å². The highest BCUT2D eigenvalue weighted by atomic mass is 127. The zero-order valence-electron chi connectivity index (χ0n) is 10.9. The van der Waals surface area contributed by atoms with Crippen molar-refractivity contribution in [1.82, 2.24) is 9.55 Å². The predicted octanol–water partition coefficient (Wildman–Crippen LogP) is 4.54. The van der Waals surface area contributed by atoms with Crippen molar-refractivity contribution < 1.29 is 0 Å². The summed E-state index contributed by atoms with van der Waals surface area (Å²) in [6.45, 7) is 2.14. The summed E-state index contributed by atoms with van der Waals surface area (Å²) in [5.41, 5.74) is 10.4. The average molecular weight is 442 g/mol. The van der Waals surface area contributed by atoms with Crippen molar-refractivity contribution in [3.63, 3.8) is 0 Å². The van der Waals surface area contributed by atoms with E-state index >= 15 is 0 Å². The third-order valence-corrected chi connectivity index (χ3v) is 4.47. The Kier molecular flexibility index (Phi) is 3.72. The molecule has 0 amide bonds. The average Bonchev–Trinajstić information content (AvgIpc) is 2.73. The second-order valence-electron chi connectivity index (χ2n) is 4.57. The maximum Gasteiger partial charge on any atom is 0.205 e. The number of fused-ring (bicyclic) bond motifs is 1. The molecule has 0 saturated carbocycles. The van der Waals surface area contributed by atoms with Gasteiger partial charge in [-0.05, 0) is 71.0 Å². The lowest BCUT2D eigenvalue weighted by Crippen LogP contribution is -2.03. The zero-order chi connectivity index (χ0) is 14.3. The molecule has 0 bridgehead atoms. The Bertz CT molecular complexity index is 795. The molecule has 0 atom stereocenters. The van der Waals surface area contributed by atoms with Crippen molar-refractivity contribution in [2.75, 3.05) is 5.73 Å². The number of hydrogen-bond donors (Lipinski definition) is 1. The van der Waals surface area contributed by atoms with Crippen molar-refractivity contribution in [3.8, 4) is 5.69 Å². The lowest BCUT2D eigenvalue weighted by molar-refractivity contribution is 1.04. The molecule has 0 aliphatic rings. The Hall–Kier alpha value is -1.08. The first kappa shape index (κ1) is 13.9. The van der Waals surface area contributed by atoms with Crippen LogP contribution in [0.3, 0.4) is 0 Å². The van der Waals surface area contributed by atoms with Gasteiger partial charge in [0.15, 0.2) is 0 Å². The highest BCUT2D eigenvalue weighted by molar-refractivity contribution is 14.1. The van der Waals surface area contributed by atoms with E-state index in [-0.39, 0.29) is 0 Å². The molecule has 102 valence electrons. The Morgan fingerprint density at radius 3 is 2.80 bits per heavy atom. The molecule has 3 nitrogen and oxygen atoms in total. The van der Waals surface area contributed by atoms with Crippen molar-refractivity contribution in [1.29, 1.82) is 0 Å². The lowest BCUT2D eigenvalue weighted by Gasteiger charge is -2.12. The normalized spacial score (nSPS) is 11.2. The molecule has 1 aromatic heterocycles. The summed E-state index contributed by atoms with van der Waals surface area (Å²) in [4.78, 5) is 4.47. The molecular formula is C15H13BrIN3.